The molecule has 2 aromatic carbocycles. The summed E-state index contributed by atoms with van der Waals surface area (Å²) >= 11 is 0. The number of carbonyl (C=O) groups excluding carboxylic acids is 1. The van der Waals surface area contributed by atoms with E-state index >= 15 is 0 Å². The Morgan fingerprint density at radius 3 is 2.52 bits per heavy atom. The van der Waals surface area contributed by atoms with Gasteiger partial charge in [-0.3, -0.25) is 4.79 Å². The zero-order valence-corrected chi connectivity index (χ0v) is 13.3. The lowest BCUT2D eigenvalue weighted by atomic mass is 10.1. The van der Waals surface area contributed by atoms with E-state index in [-0.39, 0.29) is 18.3 Å². The van der Waals surface area contributed by atoms with Crippen LogP contribution in [0.4, 0.5) is 13.2 Å². The maximum absolute atomic E-state index is 12.5. The van der Waals surface area contributed by atoms with Crippen LogP contribution in [-0.2, 0) is 30.6 Å². The highest BCUT2D eigenvalue weighted by atomic mass is 19.4. The normalized spacial score (nSPS) is 13.4. The Morgan fingerprint density at radius 2 is 1.80 bits per heavy atom. The van der Waals surface area contributed by atoms with Crippen LogP contribution in [0.5, 0.6) is 5.75 Å². The van der Waals surface area contributed by atoms with Gasteiger partial charge in [0.2, 0.25) is 0 Å². The molecular weight excluding hydrogens is 333 g/mol. The van der Waals surface area contributed by atoms with Crippen LogP contribution in [-0.4, -0.2) is 12.5 Å². The Kier molecular flexibility index (Phi) is 4.94. The summed E-state index contributed by atoms with van der Waals surface area (Å²) in [4.78, 5) is 11.8. The van der Waals surface area contributed by atoms with Crippen molar-refractivity contribution in [2.24, 2.45) is 0 Å². The Labute approximate surface area is 143 Å². The smallest absolute Gasteiger partial charge is 0.416 e. The van der Waals surface area contributed by atoms with Gasteiger partial charge in [-0.2, -0.15) is 13.2 Å². The quantitative estimate of drug-likeness (QED) is 0.872. The Balaban J connectivity index is 1.46. The lowest BCUT2D eigenvalue weighted by molar-refractivity contribution is -0.137. The predicted octanol–water partition coefficient (Wildman–Crippen LogP) is 3.00. The fourth-order valence-corrected chi connectivity index (χ4v) is 2.60. The van der Waals surface area contributed by atoms with E-state index in [2.05, 4.69) is 10.6 Å². The molecule has 0 saturated carbocycles. The number of benzene rings is 2. The molecule has 0 aromatic heterocycles. The van der Waals surface area contributed by atoms with E-state index in [1.54, 1.807) is 0 Å². The first-order valence-corrected chi connectivity index (χ1v) is 7.80. The monoisotopic (exact) mass is 350 g/mol. The van der Waals surface area contributed by atoms with Crippen molar-refractivity contribution in [1.82, 2.24) is 10.6 Å². The lowest BCUT2D eigenvalue weighted by Gasteiger charge is -2.10. The number of carbonyl (C=O) groups is 1. The highest BCUT2D eigenvalue weighted by Crippen LogP contribution is 2.30. The number of alkyl halides is 3. The van der Waals surface area contributed by atoms with E-state index in [9.17, 15) is 18.0 Å². The molecule has 1 heterocycles. The molecule has 0 bridgehead atoms. The minimum atomic E-state index is -4.39. The molecule has 3 rings (SSSR count). The summed E-state index contributed by atoms with van der Waals surface area (Å²) in [6, 6.07) is 10.3. The van der Waals surface area contributed by atoms with Gasteiger partial charge in [-0.05, 0) is 41.0 Å². The number of hydrogen-bond acceptors (Lipinski definition) is 3. The zero-order chi connectivity index (χ0) is 17.9. The van der Waals surface area contributed by atoms with E-state index in [0.717, 1.165) is 30.8 Å². The lowest BCUT2D eigenvalue weighted by Crippen LogP contribution is -2.28. The van der Waals surface area contributed by atoms with E-state index in [1.165, 1.54) is 23.3 Å². The number of halogens is 3. The predicted molar refractivity (Wildman–Crippen MR) is 85.8 cm³/mol. The molecule has 0 radical (unpaired) electrons. The Morgan fingerprint density at radius 1 is 1.08 bits per heavy atom. The second-order valence-electron chi connectivity index (χ2n) is 5.79. The van der Waals surface area contributed by atoms with Gasteiger partial charge in [0.1, 0.15) is 5.75 Å². The van der Waals surface area contributed by atoms with Gasteiger partial charge in [0, 0.05) is 19.6 Å². The topological polar surface area (TPSA) is 50.4 Å². The summed E-state index contributed by atoms with van der Waals surface area (Å²) in [5.74, 6) is -0.120. The molecule has 7 heteroatoms. The minimum Gasteiger partial charge on any atom is -0.484 e. The van der Waals surface area contributed by atoms with Crippen molar-refractivity contribution >= 4 is 5.91 Å². The van der Waals surface area contributed by atoms with Crippen molar-refractivity contribution in [3.8, 4) is 5.75 Å². The molecule has 0 unspecified atom stereocenters. The molecule has 1 aliphatic heterocycles. The van der Waals surface area contributed by atoms with E-state index < -0.39 is 11.7 Å². The SMILES string of the molecule is O=C(COc1ccc(C(F)(F)F)cc1)NCc1ccc2c(c1)CNC2. The van der Waals surface area contributed by atoms with Gasteiger partial charge in [-0.25, -0.2) is 0 Å². The Hall–Kier alpha value is -2.54. The van der Waals surface area contributed by atoms with Crippen LogP contribution < -0.4 is 15.4 Å². The minimum absolute atomic E-state index is 0.215. The van der Waals surface area contributed by atoms with Crippen LogP contribution in [0.1, 0.15) is 22.3 Å². The molecule has 1 amide bonds. The second kappa shape index (κ2) is 7.14. The van der Waals surface area contributed by atoms with Crippen LogP contribution in [0.25, 0.3) is 0 Å². The van der Waals surface area contributed by atoms with Gasteiger partial charge in [-0.1, -0.05) is 18.2 Å². The average Bonchev–Trinajstić information content (AvgIpc) is 3.05. The largest absolute Gasteiger partial charge is 0.484 e. The molecule has 25 heavy (non-hydrogen) atoms. The number of ether oxygens (including phenoxy) is 1. The van der Waals surface area contributed by atoms with Crippen LogP contribution >= 0.6 is 0 Å². The highest BCUT2D eigenvalue weighted by Gasteiger charge is 2.30. The first-order chi connectivity index (χ1) is 11.9. The number of rotatable bonds is 5. The Bertz CT molecular complexity index is 758. The van der Waals surface area contributed by atoms with Gasteiger partial charge < -0.3 is 15.4 Å². The van der Waals surface area contributed by atoms with Crippen LogP contribution in [0.3, 0.4) is 0 Å². The fraction of sp³-hybridized carbons (Fsp3) is 0.278. The number of nitrogens with one attached hydrogen (secondary N) is 2. The van der Waals surface area contributed by atoms with E-state index in [1.807, 2.05) is 18.2 Å². The standard InChI is InChI=1S/C18H17F3N2O2/c19-18(20,21)15-3-5-16(6-4-15)25-11-17(24)23-8-12-1-2-13-9-22-10-14(13)7-12/h1-7,22H,8-11H2,(H,23,24). The molecule has 0 aliphatic carbocycles. The summed E-state index contributed by atoms with van der Waals surface area (Å²) in [5.41, 5.74) is 2.73. The van der Waals surface area contributed by atoms with Crippen LogP contribution in [0.2, 0.25) is 0 Å². The maximum Gasteiger partial charge on any atom is 0.416 e. The maximum atomic E-state index is 12.5. The third-order valence-corrected chi connectivity index (χ3v) is 3.94. The first kappa shape index (κ1) is 17.3. The van der Waals surface area contributed by atoms with Crippen LogP contribution in [0.15, 0.2) is 42.5 Å². The summed E-state index contributed by atoms with van der Waals surface area (Å²) in [6.07, 6.45) is -4.39. The molecular formula is C18H17F3N2O2. The third kappa shape index (κ3) is 4.51. The second-order valence-corrected chi connectivity index (χ2v) is 5.79. The summed E-state index contributed by atoms with van der Waals surface area (Å²) in [6.45, 7) is 1.82. The van der Waals surface area contributed by atoms with Crippen molar-refractivity contribution in [2.45, 2.75) is 25.8 Å². The molecule has 132 valence electrons. The van der Waals surface area contributed by atoms with Crippen molar-refractivity contribution in [3.63, 3.8) is 0 Å². The molecule has 2 aromatic rings. The van der Waals surface area contributed by atoms with Crippen molar-refractivity contribution in [3.05, 3.63) is 64.7 Å². The molecule has 0 fully saturated rings. The third-order valence-electron chi connectivity index (χ3n) is 3.94. The van der Waals surface area contributed by atoms with Crippen molar-refractivity contribution < 1.29 is 22.7 Å². The summed E-state index contributed by atoms with van der Waals surface area (Å²) in [7, 11) is 0. The van der Waals surface area contributed by atoms with Gasteiger partial charge in [-0.15, -0.1) is 0 Å². The molecule has 0 atom stereocenters. The van der Waals surface area contributed by atoms with Crippen molar-refractivity contribution in [2.75, 3.05) is 6.61 Å². The number of fused-ring (bicyclic) bond motifs is 1. The fourth-order valence-electron chi connectivity index (χ4n) is 2.60. The number of amides is 1. The molecule has 2 N–H and O–H groups in total. The molecule has 0 saturated heterocycles. The number of hydrogen-bond donors (Lipinski definition) is 2. The molecule has 4 nitrogen and oxygen atoms in total. The van der Waals surface area contributed by atoms with Crippen molar-refractivity contribution in [1.29, 1.82) is 0 Å². The molecule has 1 aliphatic rings. The average molecular weight is 350 g/mol. The van der Waals surface area contributed by atoms with Gasteiger partial charge in [0.05, 0.1) is 5.56 Å². The van der Waals surface area contributed by atoms with Gasteiger partial charge >= 0.3 is 6.18 Å². The zero-order valence-electron chi connectivity index (χ0n) is 13.3. The molecule has 0 spiro atoms. The summed E-state index contributed by atoms with van der Waals surface area (Å²) in [5, 5.41) is 5.99. The summed E-state index contributed by atoms with van der Waals surface area (Å²) < 4.78 is 42.6. The first-order valence-electron chi connectivity index (χ1n) is 7.80. The van der Waals surface area contributed by atoms with Gasteiger partial charge in [0.15, 0.2) is 6.61 Å². The van der Waals surface area contributed by atoms with E-state index in [0.29, 0.717) is 6.54 Å². The van der Waals surface area contributed by atoms with Crippen LogP contribution in [0, 0.1) is 0 Å². The highest BCUT2D eigenvalue weighted by molar-refractivity contribution is 5.77. The van der Waals surface area contributed by atoms with Gasteiger partial charge in [0.25, 0.3) is 5.91 Å². The van der Waals surface area contributed by atoms with E-state index in [4.69, 9.17) is 4.74 Å².